The Morgan fingerprint density at radius 2 is 1.94 bits per heavy atom. The highest BCUT2D eigenvalue weighted by atomic mass is 33.1. The Balaban J connectivity index is 2.25. The molecule has 2 rings (SSSR count). The number of hydrogen-bond acceptors (Lipinski definition) is 4. The number of fused-ring (bicyclic) bond motifs is 1. The van der Waals surface area contributed by atoms with Gasteiger partial charge in [-0.25, -0.2) is 0 Å². The standard InChI is InChI=1S/C12H18N2S2/c1-3-5-9-6-10-11(14-8-13-10)7-12(9)16-15-4-2/h6-7,13-14H,3-5,8H2,1-2H3. The van der Waals surface area contributed by atoms with Crippen LogP contribution in [0, 0.1) is 0 Å². The molecule has 0 aliphatic carbocycles. The van der Waals surface area contributed by atoms with Gasteiger partial charge >= 0.3 is 0 Å². The number of benzene rings is 1. The first-order chi connectivity index (χ1) is 7.85. The third kappa shape index (κ3) is 2.61. The average Bonchev–Trinajstić information content (AvgIpc) is 2.73. The van der Waals surface area contributed by atoms with Gasteiger partial charge in [0.15, 0.2) is 0 Å². The molecule has 1 aromatic carbocycles. The molecule has 0 amide bonds. The minimum atomic E-state index is 0.857. The van der Waals surface area contributed by atoms with E-state index in [2.05, 4.69) is 36.6 Å². The third-order valence-electron chi connectivity index (χ3n) is 2.54. The van der Waals surface area contributed by atoms with Gasteiger partial charge in [0, 0.05) is 10.6 Å². The Labute approximate surface area is 105 Å². The van der Waals surface area contributed by atoms with E-state index in [9.17, 15) is 0 Å². The summed E-state index contributed by atoms with van der Waals surface area (Å²) in [7, 11) is 3.82. The van der Waals surface area contributed by atoms with Gasteiger partial charge in [-0.2, -0.15) is 0 Å². The summed E-state index contributed by atoms with van der Waals surface area (Å²) in [6.45, 7) is 5.29. The monoisotopic (exact) mass is 254 g/mol. The van der Waals surface area contributed by atoms with Crippen molar-refractivity contribution in [2.24, 2.45) is 0 Å². The van der Waals surface area contributed by atoms with Crippen molar-refractivity contribution in [3.8, 4) is 0 Å². The summed E-state index contributed by atoms with van der Waals surface area (Å²) in [5.41, 5.74) is 3.98. The molecule has 4 heteroatoms. The molecule has 0 spiro atoms. The van der Waals surface area contributed by atoms with E-state index in [4.69, 9.17) is 0 Å². The molecule has 2 N–H and O–H groups in total. The predicted octanol–water partition coefficient (Wildman–Crippen LogP) is 4.19. The Bertz CT molecular complexity index is 366. The van der Waals surface area contributed by atoms with Crippen LogP contribution in [-0.2, 0) is 6.42 Å². The van der Waals surface area contributed by atoms with Crippen molar-refractivity contribution < 1.29 is 0 Å². The molecule has 0 fully saturated rings. The van der Waals surface area contributed by atoms with E-state index in [1.807, 2.05) is 21.6 Å². The molecule has 1 aromatic rings. The summed E-state index contributed by atoms with van der Waals surface area (Å²) in [6.07, 6.45) is 2.37. The highest BCUT2D eigenvalue weighted by molar-refractivity contribution is 8.76. The van der Waals surface area contributed by atoms with Crippen molar-refractivity contribution in [3.05, 3.63) is 17.7 Å². The molecule has 1 aliphatic heterocycles. The van der Waals surface area contributed by atoms with E-state index in [1.54, 1.807) is 0 Å². The van der Waals surface area contributed by atoms with E-state index < -0.39 is 0 Å². The van der Waals surface area contributed by atoms with Gasteiger partial charge in [-0.05, 0) is 24.1 Å². The summed E-state index contributed by atoms with van der Waals surface area (Å²) in [6, 6.07) is 4.59. The molecular weight excluding hydrogens is 236 g/mol. The minimum Gasteiger partial charge on any atom is -0.366 e. The van der Waals surface area contributed by atoms with Gasteiger partial charge in [0.2, 0.25) is 0 Å². The van der Waals surface area contributed by atoms with Crippen molar-refractivity contribution >= 4 is 33.0 Å². The van der Waals surface area contributed by atoms with Crippen molar-refractivity contribution in [3.63, 3.8) is 0 Å². The lowest BCUT2D eigenvalue weighted by Crippen LogP contribution is -1.98. The Morgan fingerprint density at radius 1 is 1.19 bits per heavy atom. The molecule has 1 heterocycles. The molecule has 0 unspecified atom stereocenters. The van der Waals surface area contributed by atoms with Crippen LogP contribution in [0.25, 0.3) is 0 Å². The quantitative estimate of drug-likeness (QED) is 0.769. The van der Waals surface area contributed by atoms with Crippen LogP contribution in [0.2, 0.25) is 0 Å². The van der Waals surface area contributed by atoms with Gasteiger partial charge in [0.05, 0.1) is 18.0 Å². The number of aryl methyl sites for hydroxylation is 1. The number of rotatable bonds is 5. The van der Waals surface area contributed by atoms with Crippen LogP contribution < -0.4 is 10.6 Å². The van der Waals surface area contributed by atoms with E-state index in [0.29, 0.717) is 0 Å². The van der Waals surface area contributed by atoms with Crippen molar-refractivity contribution in [1.82, 2.24) is 0 Å². The molecule has 16 heavy (non-hydrogen) atoms. The lowest BCUT2D eigenvalue weighted by Gasteiger charge is -2.10. The number of nitrogens with one attached hydrogen (secondary N) is 2. The first-order valence-corrected chi connectivity index (χ1v) is 8.11. The van der Waals surface area contributed by atoms with Gasteiger partial charge in [0.1, 0.15) is 0 Å². The topological polar surface area (TPSA) is 24.1 Å². The van der Waals surface area contributed by atoms with Crippen LogP contribution in [0.5, 0.6) is 0 Å². The maximum absolute atomic E-state index is 3.36. The summed E-state index contributed by atoms with van der Waals surface area (Å²) in [5, 5.41) is 6.71. The largest absolute Gasteiger partial charge is 0.366 e. The summed E-state index contributed by atoms with van der Waals surface area (Å²) < 4.78 is 0. The molecule has 88 valence electrons. The molecule has 0 saturated heterocycles. The Morgan fingerprint density at radius 3 is 2.62 bits per heavy atom. The van der Waals surface area contributed by atoms with Gasteiger partial charge in [-0.3, -0.25) is 0 Å². The zero-order valence-electron chi connectivity index (χ0n) is 9.80. The first-order valence-electron chi connectivity index (χ1n) is 5.79. The highest BCUT2D eigenvalue weighted by Crippen LogP contribution is 2.39. The number of hydrogen-bond donors (Lipinski definition) is 2. The highest BCUT2D eigenvalue weighted by Gasteiger charge is 2.13. The van der Waals surface area contributed by atoms with Crippen LogP contribution >= 0.6 is 21.6 Å². The minimum absolute atomic E-state index is 0.857. The van der Waals surface area contributed by atoms with E-state index in [1.165, 1.54) is 34.7 Å². The second-order valence-corrected chi connectivity index (χ2v) is 6.40. The lowest BCUT2D eigenvalue weighted by molar-refractivity contribution is 0.902. The Hall–Kier alpha value is -0.480. The fraction of sp³-hybridized carbons (Fsp3) is 0.500. The van der Waals surface area contributed by atoms with E-state index >= 15 is 0 Å². The van der Waals surface area contributed by atoms with Gasteiger partial charge in [0.25, 0.3) is 0 Å². The smallest absolute Gasteiger partial charge is 0.0850 e. The zero-order valence-corrected chi connectivity index (χ0v) is 11.4. The van der Waals surface area contributed by atoms with Crippen LogP contribution in [0.15, 0.2) is 17.0 Å². The SMILES string of the molecule is CCCc1cc2c(cc1SSCC)NCN2. The molecule has 0 radical (unpaired) electrons. The fourth-order valence-electron chi connectivity index (χ4n) is 1.82. The van der Waals surface area contributed by atoms with Crippen LogP contribution in [0.3, 0.4) is 0 Å². The number of anilines is 2. The average molecular weight is 254 g/mol. The molecule has 1 aliphatic rings. The van der Waals surface area contributed by atoms with Crippen molar-refractivity contribution in [2.75, 3.05) is 23.1 Å². The Kier molecular flexibility index (Phi) is 4.29. The molecular formula is C12H18N2S2. The maximum Gasteiger partial charge on any atom is 0.0850 e. The van der Waals surface area contributed by atoms with Gasteiger partial charge in [-0.15, -0.1) is 0 Å². The summed E-state index contributed by atoms with van der Waals surface area (Å²) >= 11 is 0. The second kappa shape index (κ2) is 5.73. The zero-order chi connectivity index (χ0) is 11.4. The van der Waals surface area contributed by atoms with Crippen LogP contribution in [0.4, 0.5) is 11.4 Å². The lowest BCUT2D eigenvalue weighted by atomic mass is 10.1. The summed E-state index contributed by atoms with van der Waals surface area (Å²) in [4.78, 5) is 1.42. The van der Waals surface area contributed by atoms with Crippen molar-refractivity contribution in [1.29, 1.82) is 0 Å². The van der Waals surface area contributed by atoms with Gasteiger partial charge < -0.3 is 10.6 Å². The van der Waals surface area contributed by atoms with Crippen molar-refractivity contribution in [2.45, 2.75) is 31.6 Å². The molecule has 0 bridgehead atoms. The molecule has 0 saturated carbocycles. The first kappa shape index (κ1) is 12.0. The molecule has 2 nitrogen and oxygen atoms in total. The van der Waals surface area contributed by atoms with Crippen LogP contribution in [0.1, 0.15) is 25.8 Å². The second-order valence-electron chi connectivity index (χ2n) is 3.78. The van der Waals surface area contributed by atoms with Gasteiger partial charge in [-0.1, -0.05) is 41.9 Å². The summed E-state index contributed by atoms with van der Waals surface area (Å²) in [5.74, 6) is 1.15. The van der Waals surface area contributed by atoms with E-state index in [-0.39, 0.29) is 0 Å². The molecule has 0 aromatic heterocycles. The fourth-order valence-corrected chi connectivity index (χ4v) is 3.70. The predicted molar refractivity (Wildman–Crippen MR) is 76.5 cm³/mol. The normalized spacial score (nSPS) is 13.1. The maximum atomic E-state index is 3.36. The van der Waals surface area contributed by atoms with E-state index in [0.717, 1.165) is 12.4 Å². The van der Waals surface area contributed by atoms with Crippen LogP contribution in [-0.4, -0.2) is 12.4 Å². The molecule has 0 atom stereocenters. The third-order valence-corrected chi connectivity index (χ3v) is 5.06.